The maximum atomic E-state index is 14.2. The SMILES string of the molecule is COc1ccc(/C=C(/NC(=O)c2ccccc2)C(=O)Nc2cccc(SC(C(=O)Nc3sc4c(c3C#N)CCN(C(=O)OC(C)(C)C)C4)c3ccccc3)c2)c(OC)c1. The van der Waals surface area contributed by atoms with E-state index in [1.165, 1.54) is 43.4 Å². The number of benzene rings is 4. The molecule has 12 nitrogen and oxygen atoms in total. The minimum atomic E-state index is -0.755. The first kappa shape index (κ1) is 42.1. The predicted molar refractivity (Wildman–Crippen MR) is 230 cm³/mol. The van der Waals surface area contributed by atoms with Gasteiger partial charge in [-0.25, -0.2) is 4.79 Å². The molecule has 6 rings (SSSR count). The van der Waals surface area contributed by atoms with Crippen LogP contribution in [-0.2, 0) is 27.3 Å². The summed E-state index contributed by atoms with van der Waals surface area (Å²) in [5.41, 5.74) is 2.55. The summed E-state index contributed by atoms with van der Waals surface area (Å²) in [6, 6.07) is 32.2. The highest BCUT2D eigenvalue weighted by Gasteiger charge is 2.31. The van der Waals surface area contributed by atoms with E-state index in [-0.39, 0.29) is 18.1 Å². The fourth-order valence-corrected chi connectivity index (χ4v) is 8.49. The third-order valence-electron chi connectivity index (χ3n) is 9.01. The second-order valence-corrected chi connectivity index (χ2v) is 16.6. The minimum absolute atomic E-state index is 0.0388. The van der Waals surface area contributed by atoms with Crippen LogP contribution in [0.25, 0.3) is 6.08 Å². The van der Waals surface area contributed by atoms with E-state index >= 15 is 0 Å². The van der Waals surface area contributed by atoms with Crippen LogP contribution in [0.2, 0.25) is 0 Å². The van der Waals surface area contributed by atoms with Gasteiger partial charge < -0.3 is 35.1 Å². The fourth-order valence-electron chi connectivity index (χ4n) is 6.19. The van der Waals surface area contributed by atoms with Gasteiger partial charge in [-0.1, -0.05) is 54.6 Å². The minimum Gasteiger partial charge on any atom is -0.497 e. The zero-order valence-electron chi connectivity index (χ0n) is 33.2. The maximum Gasteiger partial charge on any atom is 0.410 e. The van der Waals surface area contributed by atoms with Crippen LogP contribution in [0.15, 0.2) is 114 Å². The van der Waals surface area contributed by atoms with Crippen LogP contribution in [0.3, 0.4) is 0 Å². The molecule has 0 saturated carbocycles. The van der Waals surface area contributed by atoms with E-state index in [4.69, 9.17) is 14.2 Å². The molecule has 4 amide bonds. The largest absolute Gasteiger partial charge is 0.497 e. The number of anilines is 2. The van der Waals surface area contributed by atoms with Crippen molar-refractivity contribution >= 4 is 63.7 Å². The van der Waals surface area contributed by atoms with Crippen molar-refractivity contribution in [1.29, 1.82) is 5.26 Å². The molecule has 0 aliphatic carbocycles. The average Bonchev–Trinajstić information content (AvgIpc) is 3.58. The van der Waals surface area contributed by atoms with Gasteiger partial charge in [0, 0.05) is 39.2 Å². The number of hydrogen-bond donors (Lipinski definition) is 3. The molecule has 1 atom stereocenters. The van der Waals surface area contributed by atoms with Gasteiger partial charge >= 0.3 is 6.09 Å². The summed E-state index contributed by atoms with van der Waals surface area (Å²) in [5, 5.41) is 18.5. The van der Waals surface area contributed by atoms with Gasteiger partial charge in [0.15, 0.2) is 0 Å². The number of rotatable bonds is 12. The highest BCUT2D eigenvalue weighted by atomic mass is 32.2. The van der Waals surface area contributed by atoms with Crippen molar-refractivity contribution in [3.8, 4) is 17.6 Å². The monoisotopic (exact) mass is 829 g/mol. The number of ether oxygens (including phenoxy) is 3. The number of thiophene rings is 1. The van der Waals surface area contributed by atoms with Crippen LogP contribution in [0.1, 0.15) is 63.5 Å². The molecular formula is C45H43N5O7S2. The van der Waals surface area contributed by atoms with Crippen molar-refractivity contribution in [3.63, 3.8) is 0 Å². The predicted octanol–water partition coefficient (Wildman–Crippen LogP) is 8.81. The van der Waals surface area contributed by atoms with Gasteiger partial charge in [-0.05, 0) is 86.9 Å². The van der Waals surface area contributed by atoms with Gasteiger partial charge in [0.25, 0.3) is 11.8 Å². The molecule has 0 saturated heterocycles. The van der Waals surface area contributed by atoms with Crippen molar-refractivity contribution in [1.82, 2.24) is 10.2 Å². The Morgan fingerprint density at radius 1 is 0.898 bits per heavy atom. The lowest BCUT2D eigenvalue weighted by molar-refractivity contribution is -0.116. The Kier molecular flexibility index (Phi) is 13.4. The highest BCUT2D eigenvalue weighted by Crippen LogP contribution is 2.41. The fraction of sp³-hybridized carbons (Fsp3) is 0.222. The Bertz CT molecular complexity index is 2420. The number of amides is 4. The first-order valence-corrected chi connectivity index (χ1v) is 20.3. The molecule has 4 aromatic carbocycles. The summed E-state index contributed by atoms with van der Waals surface area (Å²) < 4.78 is 16.4. The van der Waals surface area contributed by atoms with E-state index in [1.54, 1.807) is 71.6 Å². The number of carbonyl (C=O) groups excluding carboxylic acids is 4. The molecule has 3 N–H and O–H groups in total. The number of fused-ring (bicyclic) bond motifs is 1. The van der Waals surface area contributed by atoms with E-state index < -0.39 is 28.8 Å². The van der Waals surface area contributed by atoms with Crippen LogP contribution in [0.4, 0.5) is 15.5 Å². The molecule has 1 aromatic heterocycles. The van der Waals surface area contributed by atoms with Gasteiger partial charge in [-0.3, -0.25) is 14.4 Å². The van der Waals surface area contributed by atoms with Crippen molar-refractivity contribution in [2.24, 2.45) is 0 Å². The Hall–Kier alpha value is -6.56. The van der Waals surface area contributed by atoms with Crippen LogP contribution >= 0.6 is 23.1 Å². The Balaban J connectivity index is 1.24. The number of methoxy groups -OCH3 is 2. The van der Waals surface area contributed by atoms with Gasteiger partial charge in [-0.15, -0.1) is 23.1 Å². The third-order valence-corrected chi connectivity index (χ3v) is 11.4. The normalized spacial score (nSPS) is 12.9. The van der Waals surface area contributed by atoms with E-state index in [0.717, 1.165) is 16.0 Å². The van der Waals surface area contributed by atoms with E-state index in [2.05, 4.69) is 22.0 Å². The smallest absolute Gasteiger partial charge is 0.410 e. The summed E-state index contributed by atoms with van der Waals surface area (Å²) in [5.74, 6) is -0.437. The molecular weight excluding hydrogens is 787 g/mol. The van der Waals surface area contributed by atoms with Crippen LogP contribution in [0.5, 0.6) is 11.5 Å². The first-order valence-electron chi connectivity index (χ1n) is 18.6. The average molecular weight is 830 g/mol. The maximum absolute atomic E-state index is 14.2. The van der Waals surface area contributed by atoms with E-state index in [1.807, 2.05) is 57.2 Å². The van der Waals surface area contributed by atoms with Gasteiger partial charge in [0.1, 0.15) is 39.1 Å². The lowest BCUT2D eigenvalue weighted by Gasteiger charge is -2.29. The quantitative estimate of drug-likeness (QED) is 0.0825. The highest BCUT2D eigenvalue weighted by molar-refractivity contribution is 8.00. The molecule has 2 heterocycles. The standard InChI is InChI=1S/C45H43N5O7S2/c1-45(2,3)57-44(54)50-22-21-34-35(26-46)43(59-38(34)27-50)49-42(53)39(28-13-8-6-9-14-28)58-33-18-12-17-31(24-33)47-41(52)36(48-40(51)29-15-10-7-11-16-29)23-30-19-20-32(55-4)25-37(30)56-5/h6-20,23-25,39H,21-22,27H2,1-5H3,(H,47,52)(H,48,51)(H,49,53)/b36-23+. The number of nitriles is 1. The molecule has 1 aliphatic rings. The van der Waals surface area contributed by atoms with Crippen molar-refractivity contribution in [3.05, 3.63) is 142 Å². The summed E-state index contributed by atoms with van der Waals surface area (Å²) in [4.78, 5) is 57.4. The van der Waals surface area contributed by atoms with Crippen LogP contribution in [0, 0.1) is 11.3 Å². The second-order valence-electron chi connectivity index (χ2n) is 14.3. The molecule has 0 fully saturated rings. The van der Waals surface area contributed by atoms with Crippen molar-refractivity contribution in [2.45, 2.75) is 49.5 Å². The first-order chi connectivity index (χ1) is 28.3. The number of nitrogens with one attached hydrogen (secondary N) is 3. The molecule has 14 heteroatoms. The number of thioether (sulfide) groups is 1. The molecule has 1 aliphatic heterocycles. The van der Waals surface area contributed by atoms with E-state index in [9.17, 15) is 24.4 Å². The lowest BCUT2D eigenvalue weighted by atomic mass is 10.0. The van der Waals surface area contributed by atoms with E-state index in [0.29, 0.717) is 56.7 Å². The summed E-state index contributed by atoms with van der Waals surface area (Å²) in [6.07, 6.45) is 1.55. The molecule has 5 aromatic rings. The van der Waals surface area contributed by atoms with Crippen LogP contribution in [-0.4, -0.2) is 55.1 Å². The van der Waals surface area contributed by atoms with Gasteiger partial charge in [0.05, 0.1) is 26.3 Å². The van der Waals surface area contributed by atoms with Crippen molar-refractivity contribution in [2.75, 3.05) is 31.4 Å². The summed E-state index contributed by atoms with van der Waals surface area (Å²) in [7, 11) is 3.03. The Morgan fingerprint density at radius 3 is 2.31 bits per heavy atom. The molecule has 1 unspecified atom stereocenters. The number of hydrogen-bond acceptors (Lipinski definition) is 10. The van der Waals surface area contributed by atoms with Gasteiger partial charge in [-0.2, -0.15) is 5.26 Å². The second kappa shape index (κ2) is 18.8. The molecule has 0 radical (unpaired) electrons. The molecule has 59 heavy (non-hydrogen) atoms. The number of carbonyl (C=O) groups is 4. The molecule has 0 spiro atoms. The lowest BCUT2D eigenvalue weighted by Crippen LogP contribution is -2.39. The Morgan fingerprint density at radius 2 is 1.63 bits per heavy atom. The van der Waals surface area contributed by atoms with Gasteiger partial charge in [0.2, 0.25) is 5.91 Å². The van der Waals surface area contributed by atoms with Crippen LogP contribution < -0.4 is 25.4 Å². The Labute approximate surface area is 351 Å². The zero-order valence-corrected chi connectivity index (χ0v) is 34.8. The summed E-state index contributed by atoms with van der Waals surface area (Å²) >= 11 is 2.55. The zero-order chi connectivity index (χ0) is 42.1. The molecule has 302 valence electrons. The topological polar surface area (TPSA) is 159 Å². The van der Waals surface area contributed by atoms with Crippen molar-refractivity contribution < 1.29 is 33.4 Å². The molecule has 0 bridgehead atoms. The summed E-state index contributed by atoms with van der Waals surface area (Å²) in [6.45, 7) is 6.10. The third kappa shape index (κ3) is 10.7. The number of nitrogens with zero attached hydrogens (tertiary/aromatic N) is 2.